The third-order valence-corrected chi connectivity index (χ3v) is 6.22. The molecule has 1 aromatic rings. The largest absolute Gasteiger partial charge is 0.378 e. The molecule has 1 heterocycles. The zero-order valence-electron chi connectivity index (χ0n) is 13.7. The van der Waals surface area contributed by atoms with E-state index in [-0.39, 0.29) is 22.3 Å². The summed E-state index contributed by atoms with van der Waals surface area (Å²) in [5.41, 5.74) is 5.41. The molecule has 134 valence electrons. The van der Waals surface area contributed by atoms with Gasteiger partial charge in [-0.1, -0.05) is 6.07 Å². The summed E-state index contributed by atoms with van der Waals surface area (Å²) in [5, 5.41) is 11.0. The fourth-order valence-corrected chi connectivity index (χ4v) is 4.50. The second-order valence-corrected chi connectivity index (χ2v) is 7.68. The zero-order chi connectivity index (χ0) is 17.7. The highest BCUT2D eigenvalue weighted by molar-refractivity contribution is 7.89. The van der Waals surface area contributed by atoms with Gasteiger partial charge in [-0.25, -0.2) is 8.42 Å². The quantitative estimate of drug-likeness (QED) is 0.448. The maximum absolute atomic E-state index is 12.8. The van der Waals surface area contributed by atoms with Crippen LogP contribution >= 0.6 is 0 Å². The summed E-state index contributed by atoms with van der Waals surface area (Å²) in [4.78, 5) is 10.5. The Bertz CT molecular complexity index is 684. The first-order valence-corrected chi connectivity index (χ1v) is 9.37. The predicted octanol–water partition coefficient (Wildman–Crippen LogP) is 1.42. The highest BCUT2D eigenvalue weighted by atomic mass is 32.2. The van der Waals surface area contributed by atoms with Crippen molar-refractivity contribution in [1.82, 2.24) is 4.31 Å². The van der Waals surface area contributed by atoms with Crippen LogP contribution < -0.4 is 5.73 Å². The van der Waals surface area contributed by atoms with Crippen LogP contribution in [0, 0.1) is 17.0 Å². The van der Waals surface area contributed by atoms with E-state index in [0.29, 0.717) is 39.1 Å². The van der Waals surface area contributed by atoms with Gasteiger partial charge in [0.2, 0.25) is 10.0 Å². The van der Waals surface area contributed by atoms with E-state index in [1.165, 1.54) is 29.4 Å². The molecule has 0 spiro atoms. The predicted molar refractivity (Wildman–Crippen MR) is 89.2 cm³/mol. The summed E-state index contributed by atoms with van der Waals surface area (Å²) >= 11 is 0. The molecule has 1 aliphatic rings. The minimum Gasteiger partial charge on any atom is -0.378 e. The van der Waals surface area contributed by atoms with Crippen LogP contribution in [0.3, 0.4) is 0 Å². The Balaban J connectivity index is 2.10. The summed E-state index contributed by atoms with van der Waals surface area (Å²) < 4.78 is 32.6. The number of hydrogen-bond acceptors (Lipinski definition) is 6. The monoisotopic (exact) mass is 357 g/mol. The van der Waals surface area contributed by atoms with Gasteiger partial charge in [0, 0.05) is 31.3 Å². The molecule has 2 rings (SSSR count). The Hall–Kier alpha value is -1.55. The van der Waals surface area contributed by atoms with Crippen molar-refractivity contribution in [3.05, 3.63) is 33.9 Å². The highest BCUT2D eigenvalue weighted by Crippen LogP contribution is 2.29. The molecule has 8 nitrogen and oxygen atoms in total. The van der Waals surface area contributed by atoms with E-state index in [1.807, 2.05) is 0 Å². The molecular formula is C15H23N3O5S. The number of piperidine rings is 1. The topological polar surface area (TPSA) is 116 Å². The average Bonchev–Trinajstić information content (AvgIpc) is 2.55. The SMILES string of the molecule is Cc1c([N+](=O)[O-])cccc1S(=O)(=O)N1CCC(OCCCN)CC1. The Morgan fingerprint density at radius 3 is 2.62 bits per heavy atom. The third kappa shape index (κ3) is 4.10. The number of nitro groups is 1. The van der Waals surface area contributed by atoms with Crippen LogP contribution in [0.2, 0.25) is 0 Å². The van der Waals surface area contributed by atoms with Crippen molar-refractivity contribution in [3.8, 4) is 0 Å². The number of ether oxygens (including phenoxy) is 1. The molecule has 0 saturated carbocycles. The summed E-state index contributed by atoms with van der Waals surface area (Å²) in [6.45, 7) is 3.31. The van der Waals surface area contributed by atoms with Crippen LogP contribution in [0.1, 0.15) is 24.8 Å². The highest BCUT2D eigenvalue weighted by Gasteiger charge is 2.32. The minimum absolute atomic E-state index is 0.000741. The van der Waals surface area contributed by atoms with Crippen LogP contribution in [0.25, 0.3) is 0 Å². The third-order valence-electron chi connectivity index (χ3n) is 4.17. The van der Waals surface area contributed by atoms with Gasteiger partial charge in [-0.2, -0.15) is 4.31 Å². The van der Waals surface area contributed by atoms with Gasteiger partial charge in [-0.3, -0.25) is 10.1 Å². The van der Waals surface area contributed by atoms with Crippen molar-refractivity contribution < 1.29 is 18.1 Å². The number of benzene rings is 1. The average molecular weight is 357 g/mol. The Labute approximate surface area is 141 Å². The van der Waals surface area contributed by atoms with Crippen LogP contribution in [-0.2, 0) is 14.8 Å². The fourth-order valence-electron chi connectivity index (χ4n) is 2.79. The van der Waals surface area contributed by atoms with Crippen molar-refractivity contribution in [2.24, 2.45) is 5.73 Å². The number of nitrogens with two attached hydrogens (primary N) is 1. The summed E-state index contributed by atoms with van der Waals surface area (Å²) in [7, 11) is -3.74. The van der Waals surface area contributed by atoms with Gasteiger partial charge in [0.15, 0.2) is 0 Å². The van der Waals surface area contributed by atoms with E-state index in [0.717, 1.165) is 6.42 Å². The second-order valence-electron chi connectivity index (χ2n) is 5.77. The Kier molecular flexibility index (Phi) is 6.27. The molecule has 0 amide bonds. The number of nitrogens with zero attached hydrogens (tertiary/aromatic N) is 2. The maximum Gasteiger partial charge on any atom is 0.273 e. The van der Waals surface area contributed by atoms with E-state index >= 15 is 0 Å². The van der Waals surface area contributed by atoms with Crippen molar-refractivity contribution in [2.75, 3.05) is 26.2 Å². The molecule has 0 atom stereocenters. The number of hydrogen-bond donors (Lipinski definition) is 1. The van der Waals surface area contributed by atoms with Gasteiger partial charge in [0.05, 0.1) is 15.9 Å². The van der Waals surface area contributed by atoms with Crippen molar-refractivity contribution in [1.29, 1.82) is 0 Å². The molecule has 2 N–H and O–H groups in total. The van der Waals surface area contributed by atoms with Crippen LogP contribution in [-0.4, -0.2) is 50.0 Å². The molecule has 1 aliphatic heterocycles. The van der Waals surface area contributed by atoms with Gasteiger partial charge in [-0.15, -0.1) is 0 Å². The lowest BCUT2D eigenvalue weighted by Gasteiger charge is -2.31. The van der Waals surface area contributed by atoms with Crippen molar-refractivity contribution in [3.63, 3.8) is 0 Å². The van der Waals surface area contributed by atoms with Gasteiger partial charge >= 0.3 is 0 Å². The normalized spacial score (nSPS) is 17.1. The molecule has 0 aromatic heterocycles. The second kappa shape index (κ2) is 8.02. The summed E-state index contributed by atoms with van der Waals surface area (Å²) in [6.07, 6.45) is 2.04. The molecule has 0 bridgehead atoms. The first-order valence-electron chi connectivity index (χ1n) is 7.93. The zero-order valence-corrected chi connectivity index (χ0v) is 14.5. The standard InChI is InChI=1S/C15H23N3O5S/c1-12-14(18(19)20)4-2-5-15(12)24(21,22)17-9-6-13(7-10-17)23-11-3-8-16/h2,4-5,13H,3,6-11,16H2,1H3. The lowest BCUT2D eigenvalue weighted by Crippen LogP contribution is -2.41. The molecule has 9 heteroatoms. The minimum atomic E-state index is -3.74. The first kappa shape index (κ1) is 18.8. The van der Waals surface area contributed by atoms with Crippen LogP contribution in [0.5, 0.6) is 0 Å². The van der Waals surface area contributed by atoms with Gasteiger partial charge in [-0.05, 0) is 38.8 Å². The molecule has 1 fully saturated rings. The lowest BCUT2D eigenvalue weighted by atomic mass is 10.1. The molecular weight excluding hydrogens is 334 g/mol. The molecule has 1 saturated heterocycles. The van der Waals surface area contributed by atoms with Gasteiger partial charge < -0.3 is 10.5 Å². The van der Waals surface area contributed by atoms with E-state index in [9.17, 15) is 18.5 Å². The lowest BCUT2D eigenvalue weighted by molar-refractivity contribution is -0.385. The molecule has 24 heavy (non-hydrogen) atoms. The maximum atomic E-state index is 12.8. The number of nitro benzene ring substituents is 1. The van der Waals surface area contributed by atoms with Crippen molar-refractivity contribution >= 4 is 15.7 Å². The Morgan fingerprint density at radius 2 is 2.04 bits per heavy atom. The van der Waals surface area contributed by atoms with E-state index in [1.54, 1.807) is 0 Å². The van der Waals surface area contributed by atoms with Crippen LogP contribution in [0.15, 0.2) is 23.1 Å². The van der Waals surface area contributed by atoms with Gasteiger partial charge in [0.1, 0.15) is 0 Å². The molecule has 0 aliphatic carbocycles. The van der Waals surface area contributed by atoms with Crippen LogP contribution in [0.4, 0.5) is 5.69 Å². The molecule has 1 aromatic carbocycles. The summed E-state index contributed by atoms with van der Waals surface area (Å²) in [5.74, 6) is 0. The first-order chi connectivity index (χ1) is 11.4. The van der Waals surface area contributed by atoms with E-state index < -0.39 is 14.9 Å². The van der Waals surface area contributed by atoms with Crippen molar-refractivity contribution in [2.45, 2.75) is 37.2 Å². The van der Waals surface area contributed by atoms with E-state index in [2.05, 4.69) is 0 Å². The fraction of sp³-hybridized carbons (Fsp3) is 0.600. The molecule has 0 radical (unpaired) electrons. The summed E-state index contributed by atoms with van der Waals surface area (Å²) in [6, 6.07) is 4.13. The molecule has 0 unspecified atom stereocenters. The number of sulfonamides is 1. The van der Waals surface area contributed by atoms with Gasteiger partial charge in [0.25, 0.3) is 5.69 Å². The van der Waals surface area contributed by atoms with E-state index in [4.69, 9.17) is 10.5 Å². The Morgan fingerprint density at radius 1 is 1.38 bits per heavy atom. The smallest absolute Gasteiger partial charge is 0.273 e. The number of rotatable bonds is 7.